The second-order valence-corrected chi connectivity index (χ2v) is 4.42. The predicted octanol–water partition coefficient (Wildman–Crippen LogP) is 2.03. The van der Waals surface area contributed by atoms with Crippen LogP contribution >= 0.6 is 0 Å². The van der Waals surface area contributed by atoms with Crippen molar-refractivity contribution in [1.29, 1.82) is 0 Å². The van der Waals surface area contributed by atoms with Crippen molar-refractivity contribution in [3.63, 3.8) is 0 Å². The Morgan fingerprint density at radius 2 is 1.77 bits per heavy atom. The SMILES string of the molecule is CC(C)(C)CCOCC(F)(F)CN. The maximum atomic E-state index is 12.5. The third-order valence-electron chi connectivity index (χ3n) is 1.61. The van der Waals surface area contributed by atoms with Gasteiger partial charge in [-0.2, -0.15) is 0 Å². The summed E-state index contributed by atoms with van der Waals surface area (Å²) in [5.74, 6) is -2.88. The molecule has 0 aliphatic carbocycles. The zero-order valence-corrected chi connectivity index (χ0v) is 8.57. The molecule has 0 atom stereocenters. The van der Waals surface area contributed by atoms with Crippen LogP contribution in [0.4, 0.5) is 8.78 Å². The molecule has 0 unspecified atom stereocenters. The van der Waals surface area contributed by atoms with Gasteiger partial charge in [0, 0.05) is 6.61 Å². The lowest BCUT2D eigenvalue weighted by molar-refractivity contribution is -0.0726. The van der Waals surface area contributed by atoms with Gasteiger partial charge in [-0.25, -0.2) is 8.78 Å². The van der Waals surface area contributed by atoms with Crippen molar-refractivity contribution in [2.45, 2.75) is 33.1 Å². The average Bonchev–Trinajstić information content (AvgIpc) is 1.97. The average molecular weight is 195 g/mol. The van der Waals surface area contributed by atoms with E-state index in [1.165, 1.54) is 0 Å². The molecule has 2 N–H and O–H groups in total. The molecule has 0 radical (unpaired) electrons. The number of halogens is 2. The van der Waals surface area contributed by atoms with Gasteiger partial charge < -0.3 is 10.5 Å². The van der Waals surface area contributed by atoms with Crippen LogP contribution in [0.15, 0.2) is 0 Å². The fourth-order valence-electron chi connectivity index (χ4n) is 0.659. The molecule has 0 bridgehead atoms. The van der Waals surface area contributed by atoms with E-state index < -0.39 is 19.1 Å². The van der Waals surface area contributed by atoms with E-state index in [4.69, 9.17) is 10.5 Å². The van der Waals surface area contributed by atoms with Gasteiger partial charge in [-0.1, -0.05) is 20.8 Å². The molecule has 13 heavy (non-hydrogen) atoms. The number of nitrogens with two attached hydrogens (primary N) is 1. The van der Waals surface area contributed by atoms with Gasteiger partial charge in [0.15, 0.2) is 0 Å². The standard InChI is InChI=1S/C9H19F2NO/c1-8(2,3)4-5-13-7-9(10,11)6-12/h4-7,12H2,1-3H3. The maximum absolute atomic E-state index is 12.5. The second-order valence-electron chi connectivity index (χ2n) is 4.42. The minimum absolute atomic E-state index is 0.123. The van der Waals surface area contributed by atoms with Crippen LogP contribution in [0.1, 0.15) is 27.2 Å². The molecule has 0 aliphatic heterocycles. The molecule has 0 saturated heterocycles. The Morgan fingerprint density at radius 3 is 2.15 bits per heavy atom. The molecular weight excluding hydrogens is 176 g/mol. The van der Waals surface area contributed by atoms with E-state index in [9.17, 15) is 8.78 Å². The predicted molar refractivity (Wildman–Crippen MR) is 48.9 cm³/mol. The van der Waals surface area contributed by atoms with Gasteiger partial charge in [-0.15, -0.1) is 0 Å². The second kappa shape index (κ2) is 4.86. The monoisotopic (exact) mass is 195 g/mol. The van der Waals surface area contributed by atoms with Crippen LogP contribution in [-0.4, -0.2) is 25.7 Å². The minimum atomic E-state index is -2.88. The van der Waals surface area contributed by atoms with Crippen molar-refractivity contribution in [3.8, 4) is 0 Å². The van der Waals surface area contributed by atoms with Crippen LogP contribution in [0.25, 0.3) is 0 Å². The van der Waals surface area contributed by atoms with Gasteiger partial charge in [-0.3, -0.25) is 0 Å². The Bertz CT molecular complexity index is 143. The molecule has 2 nitrogen and oxygen atoms in total. The van der Waals surface area contributed by atoms with Crippen molar-refractivity contribution >= 4 is 0 Å². The largest absolute Gasteiger partial charge is 0.375 e. The summed E-state index contributed by atoms with van der Waals surface area (Å²) in [7, 11) is 0. The van der Waals surface area contributed by atoms with E-state index >= 15 is 0 Å². The number of ether oxygens (including phenoxy) is 1. The van der Waals surface area contributed by atoms with Crippen molar-refractivity contribution in [1.82, 2.24) is 0 Å². The van der Waals surface area contributed by atoms with Gasteiger partial charge >= 0.3 is 0 Å². The first-order valence-corrected chi connectivity index (χ1v) is 4.42. The van der Waals surface area contributed by atoms with Gasteiger partial charge in [0.05, 0.1) is 6.54 Å². The molecule has 0 rings (SSSR count). The first-order valence-electron chi connectivity index (χ1n) is 4.42. The summed E-state index contributed by atoms with van der Waals surface area (Å²) in [6.45, 7) is 5.26. The Morgan fingerprint density at radius 1 is 1.23 bits per heavy atom. The first kappa shape index (κ1) is 12.8. The van der Waals surface area contributed by atoms with Crippen molar-refractivity contribution in [3.05, 3.63) is 0 Å². The molecule has 80 valence electrons. The highest BCUT2D eigenvalue weighted by molar-refractivity contribution is 4.66. The normalized spacial score (nSPS) is 13.4. The Balaban J connectivity index is 3.47. The molecule has 0 aliphatic rings. The van der Waals surface area contributed by atoms with E-state index in [0.29, 0.717) is 6.61 Å². The summed E-state index contributed by atoms with van der Waals surface area (Å²) < 4.78 is 29.9. The fraction of sp³-hybridized carbons (Fsp3) is 1.00. The lowest BCUT2D eigenvalue weighted by atomic mass is 9.93. The maximum Gasteiger partial charge on any atom is 0.282 e. The summed E-state index contributed by atoms with van der Waals surface area (Å²) in [5.41, 5.74) is 4.97. The number of rotatable bonds is 5. The van der Waals surface area contributed by atoms with Crippen molar-refractivity contribution in [2.24, 2.45) is 11.1 Å². The van der Waals surface area contributed by atoms with Crippen LogP contribution in [-0.2, 0) is 4.74 Å². The van der Waals surface area contributed by atoms with Gasteiger partial charge in [0.1, 0.15) is 6.61 Å². The zero-order valence-electron chi connectivity index (χ0n) is 8.57. The summed E-state index contributed by atoms with van der Waals surface area (Å²) in [5, 5.41) is 0. The third kappa shape index (κ3) is 8.12. The van der Waals surface area contributed by atoms with Gasteiger partial charge in [0.2, 0.25) is 0 Å². The number of hydrogen-bond donors (Lipinski definition) is 1. The number of hydrogen-bond acceptors (Lipinski definition) is 2. The fourth-order valence-corrected chi connectivity index (χ4v) is 0.659. The number of alkyl halides is 2. The molecule has 0 aromatic rings. The molecule has 0 aromatic carbocycles. The van der Waals surface area contributed by atoms with Crippen LogP contribution in [0.3, 0.4) is 0 Å². The highest BCUT2D eigenvalue weighted by Gasteiger charge is 2.26. The molecule has 4 heteroatoms. The van der Waals surface area contributed by atoms with E-state index in [-0.39, 0.29) is 5.41 Å². The molecule has 0 aromatic heterocycles. The van der Waals surface area contributed by atoms with Crippen LogP contribution in [0.2, 0.25) is 0 Å². The van der Waals surface area contributed by atoms with Gasteiger partial charge in [0.25, 0.3) is 5.92 Å². The van der Waals surface area contributed by atoms with E-state index in [1.54, 1.807) is 0 Å². The third-order valence-corrected chi connectivity index (χ3v) is 1.61. The lowest BCUT2D eigenvalue weighted by Crippen LogP contribution is -2.33. The zero-order chi connectivity index (χ0) is 10.5. The molecular formula is C9H19F2NO. The lowest BCUT2D eigenvalue weighted by Gasteiger charge is -2.19. The summed E-state index contributed by atoms with van der Waals surface area (Å²) in [4.78, 5) is 0. The van der Waals surface area contributed by atoms with Crippen molar-refractivity contribution in [2.75, 3.05) is 19.8 Å². The molecule has 0 fully saturated rings. The molecule has 0 heterocycles. The van der Waals surface area contributed by atoms with Crippen LogP contribution < -0.4 is 5.73 Å². The van der Waals surface area contributed by atoms with Gasteiger partial charge in [-0.05, 0) is 11.8 Å². The Hall–Kier alpha value is -0.220. The summed E-state index contributed by atoms with van der Waals surface area (Å²) in [6, 6.07) is 0. The first-order chi connectivity index (χ1) is 5.77. The molecule has 0 amide bonds. The minimum Gasteiger partial charge on any atom is -0.375 e. The highest BCUT2D eigenvalue weighted by Crippen LogP contribution is 2.19. The Kier molecular flexibility index (Phi) is 4.78. The Labute approximate surface area is 78.4 Å². The smallest absolute Gasteiger partial charge is 0.282 e. The quantitative estimate of drug-likeness (QED) is 0.681. The summed E-state index contributed by atoms with van der Waals surface area (Å²) in [6.07, 6.45) is 0.771. The highest BCUT2D eigenvalue weighted by atomic mass is 19.3. The van der Waals surface area contributed by atoms with Crippen molar-refractivity contribution < 1.29 is 13.5 Å². The molecule has 0 saturated carbocycles. The van der Waals surface area contributed by atoms with E-state index in [2.05, 4.69) is 0 Å². The van der Waals surface area contributed by atoms with Crippen LogP contribution in [0.5, 0.6) is 0 Å². The van der Waals surface area contributed by atoms with E-state index in [1.807, 2.05) is 20.8 Å². The summed E-state index contributed by atoms with van der Waals surface area (Å²) >= 11 is 0. The molecule has 0 spiro atoms. The topological polar surface area (TPSA) is 35.2 Å². The van der Waals surface area contributed by atoms with Crippen LogP contribution in [0, 0.1) is 5.41 Å². The van der Waals surface area contributed by atoms with E-state index in [0.717, 1.165) is 6.42 Å².